The van der Waals surface area contributed by atoms with Crippen LogP contribution in [-0.4, -0.2) is 22.2 Å². The van der Waals surface area contributed by atoms with E-state index >= 15 is 0 Å². The molecule has 0 atom stereocenters. The van der Waals surface area contributed by atoms with Crippen LogP contribution in [0.3, 0.4) is 0 Å². The van der Waals surface area contributed by atoms with Crippen LogP contribution in [0, 0.1) is 0 Å². The van der Waals surface area contributed by atoms with Crippen molar-refractivity contribution >= 4 is 11.9 Å². The third-order valence-electron chi connectivity index (χ3n) is 6.82. The number of carbonyl (C=O) groups is 2. The van der Waals surface area contributed by atoms with E-state index in [9.17, 15) is 9.59 Å². The first-order chi connectivity index (χ1) is 16.5. The number of carboxylic acid groups (broad SMARTS) is 2. The summed E-state index contributed by atoms with van der Waals surface area (Å²) >= 11 is 0. The quantitative estimate of drug-likeness (QED) is 0.156. The molecule has 4 heteroatoms. The van der Waals surface area contributed by atoms with E-state index in [0.29, 0.717) is 12.8 Å². The fraction of sp³-hybridized carbons (Fsp3) is 0.733. The van der Waals surface area contributed by atoms with E-state index in [1.165, 1.54) is 77.0 Å². The molecule has 1 rings (SSSR count). The SMILES string of the molecule is CCCCCCc1cccc(CCCCCCCCC(=O)O)c1CCCCCCCCC(=O)O. The summed E-state index contributed by atoms with van der Waals surface area (Å²) in [6.45, 7) is 2.26. The van der Waals surface area contributed by atoms with Crippen molar-refractivity contribution in [1.29, 1.82) is 0 Å². The van der Waals surface area contributed by atoms with Crippen LogP contribution in [0.25, 0.3) is 0 Å². The maximum absolute atomic E-state index is 10.6. The summed E-state index contributed by atoms with van der Waals surface area (Å²) in [4.78, 5) is 21.2. The summed E-state index contributed by atoms with van der Waals surface area (Å²) in [5.41, 5.74) is 4.70. The van der Waals surface area contributed by atoms with Crippen LogP contribution >= 0.6 is 0 Å². The second-order valence-electron chi connectivity index (χ2n) is 9.90. The van der Waals surface area contributed by atoms with Crippen molar-refractivity contribution in [3.05, 3.63) is 34.9 Å². The molecule has 0 heterocycles. The second kappa shape index (κ2) is 20.5. The number of hydrogen-bond donors (Lipinski definition) is 2. The molecule has 0 unspecified atom stereocenters. The molecule has 0 bridgehead atoms. The van der Waals surface area contributed by atoms with Crippen LogP contribution in [-0.2, 0) is 28.9 Å². The summed E-state index contributed by atoms with van der Waals surface area (Å²) in [7, 11) is 0. The molecule has 2 N–H and O–H groups in total. The summed E-state index contributed by atoms with van der Waals surface area (Å²) < 4.78 is 0. The molecule has 0 aliphatic heterocycles. The van der Waals surface area contributed by atoms with E-state index in [0.717, 1.165) is 44.9 Å². The lowest BCUT2D eigenvalue weighted by atomic mass is 9.90. The van der Waals surface area contributed by atoms with E-state index in [1.54, 1.807) is 16.7 Å². The number of rotatable bonds is 23. The maximum Gasteiger partial charge on any atom is 0.303 e. The average Bonchev–Trinajstić information content (AvgIpc) is 2.80. The predicted molar refractivity (Wildman–Crippen MR) is 142 cm³/mol. The number of benzene rings is 1. The summed E-state index contributed by atoms with van der Waals surface area (Å²) in [6.07, 6.45) is 22.6. The summed E-state index contributed by atoms with van der Waals surface area (Å²) in [6, 6.07) is 6.94. The molecular formula is C30H50O4. The van der Waals surface area contributed by atoms with Crippen LogP contribution in [0.5, 0.6) is 0 Å². The Morgan fingerprint density at radius 1 is 0.559 bits per heavy atom. The zero-order chi connectivity index (χ0) is 24.9. The number of aliphatic carboxylic acids is 2. The van der Waals surface area contributed by atoms with Gasteiger partial charge in [-0.05, 0) is 68.1 Å². The van der Waals surface area contributed by atoms with Gasteiger partial charge in [0.2, 0.25) is 0 Å². The van der Waals surface area contributed by atoms with E-state index in [2.05, 4.69) is 25.1 Å². The van der Waals surface area contributed by atoms with Gasteiger partial charge in [0.05, 0.1) is 0 Å². The van der Waals surface area contributed by atoms with Crippen LogP contribution in [0.15, 0.2) is 18.2 Å². The molecule has 0 spiro atoms. The molecule has 194 valence electrons. The first-order valence-corrected chi connectivity index (χ1v) is 14.1. The van der Waals surface area contributed by atoms with Gasteiger partial charge in [-0.15, -0.1) is 0 Å². The van der Waals surface area contributed by atoms with Gasteiger partial charge in [0.15, 0.2) is 0 Å². The Balaban J connectivity index is 2.46. The molecule has 0 fully saturated rings. The molecule has 1 aromatic carbocycles. The van der Waals surface area contributed by atoms with Crippen molar-refractivity contribution in [2.45, 2.75) is 142 Å². The number of hydrogen-bond acceptors (Lipinski definition) is 2. The van der Waals surface area contributed by atoms with Gasteiger partial charge in [-0.3, -0.25) is 9.59 Å². The Kier molecular flexibility index (Phi) is 18.2. The van der Waals surface area contributed by atoms with Crippen molar-refractivity contribution in [2.75, 3.05) is 0 Å². The van der Waals surface area contributed by atoms with Crippen molar-refractivity contribution in [3.8, 4) is 0 Å². The fourth-order valence-electron chi connectivity index (χ4n) is 4.80. The van der Waals surface area contributed by atoms with Crippen LogP contribution in [0.4, 0.5) is 0 Å². The van der Waals surface area contributed by atoms with Crippen LogP contribution in [0.1, 0.15) is 139 Å². The largest absolute Gasteiger partial charge is 0.481 e. The Morgan fingerprint density at radius 2 is 0.941 bits per heavy atom. The average molecular weight is 475 g/mol. The Morgan fingerprint density at radius 3 is 1.38 bits per heavy atom. The molecule has 0 aromatic heterocycles. The minimum atomic E-state index is -0.680. The number of aryl methyl sites for hydroxylation is 2. The van der Waals surface area contributed by atoms with Crippen molar-refractivity contribution in [2.24, 2.45) is 0 Å². The van der Waals surface area contributed by atoms with Crippen molar-refractivity contribution < 1.29 is 19.8 Å². The van der Waals surface area contributed by atoms with Crippen molar-refractivity contribution in [1.82, 2.24) is 0 Å². The molecule has 0 aliphatic carbocycles. The zero-order valence-electron chi connectivity index (χ0n) is 21.8. The predicted octanol–water partition coefficient (Wildman–Crippen LogP) is 8.53. The van der Waals surface area contributed by atoms with Gasteiger partial charge < -0.3 is 10.2 Å². The second-order valence-corrected chi connectivity index (χ2v) is 9.90. The normalized spacial score (nSPS) is 11.1. The van der Waals surface area contributed by atoms with Gasteiger partial charge in [0.25, 0.3) is 0 Å². The Labute approximate surface area is 208 Å². The molecule has 0 saturated carbocycles. The lowest BCUT2D eigenvalue weighted by Crippen LogP contribution is -2.02. The Bertz CT molecular complexity index is 668. The maximum atomic E-state index is 10.6. The minimum absolute atomic E-state index is 0.302. The molecule has 0 saturated heterocycles. The topological polar surface area (TPSA) is 74.6 Å². The van der Waals surface area contributed by atoms with Crippen LogP contribution < -0.4 is 0 Å². The fourth-order valence-corrected chi connectivity index (χ4v) is 4.80. The van der Waals surface area contributed by atoms with E-state index < -0.39 is 11.9 Å². The van der Waals surface area contributed by atoms with E-state index in [-0.39, 0.29) is 0 Å². The highest BCUT2D eigenvalue weighted by molar-refractivity contribution is 5.66. The van der Waals surface area contributed by atoms with Gasteiger partial charge in [-0.2, -0.15) is 0 Å². The first-order valence-electron chi connectivity index (χ1n) is 14.1. The van der Waals surface area contributed by atoms with Gasteiger partial charge in [-0.25, -0.2) is 0 Å². The monoisotopic (exact) mass is 474 g/mol. The molecule has 0 radical (unpaired) electrons. The smallest absolute Gasteiger partial charge is 0.303 e. The number of carboxylic acids is 2. The molecular weight excluding hydrogens is 424 g/mol. The lowest BCUT2D eigenvalue weighted by Gasteiger charge is -2.16. The third-order valence-corrected chi connectivity index (χ3v) is 6.82. The lowest BCUT2D eigenvalue weighted by molar-refractivity contribution is -0.138. The van der Waals surface area contributed by atoms with Gasteiger partial charge >= 0.3 is 11.9 Å². The molecule has 34 heavy (non-hydrogen) atoms. The van der Waals surface area contributed by atoms with Gasteiger partial charge in [0.1, 0.15) is 0 Å². The summed E-state index contributed by atoms with van der Waals surface area (Å²) in [5, 5.41) is 17.5. The van der Waals surface area contributed by atoms with E-state index in [4.69, 9.17) is 10.2 Å². The number of unbranched alkanes of at least 4 members (excludes halogenated alkanes) is 13. The van der Waals surface area contributed by atoms with Gasteiger partial charge in [0, 0.05) is 12.8 Å². The van der Waals surface area contributed by atoms with E-state index in [1.807, 2.05) is 0 Å². The first kappa shape index (κ1) is 30.2. The highest BCUT2D eigenvalue weighted by atomic mass is 16.4. The van der Waals surface area contributed by atoms with Crippen LogP contribution in [0.2, 0.25) is 0 Å². The third kappa shape index (κ3) is 15.9. The molecule has 1 aromatic rings. The zero-order valence-corrected chi connectivity index (χ0v) is 21.8. The minimum Gasteiger partial charge on any atom is -0.481 e. The molecule has 4 nitrogen and oxygen atoms in total. The standard InChI is InChI=1S/C30H50O4/c1-2-3-4-13-19-26-21-18-22-27(20-14-9-5-7-11-16-24-29(31)32)28(26)23-15-10-6-8-12-17-25-30(33)34/h18,21-22H,2-17,19-20,23-25H2,1H3,(H,31,32)(H,33,34). The van der Waals surface area contributed by atoms with Crippen molar-refractivity contribution in [3.63, 3.8) is 0 Å². The molecule has 0 amide bonds. The Hall–Kier alpha value is -1.84. The van der Waals surface area contributed by atoms with Gasteiger partial charge in [-0.1, -0.05) is 95.8 Å². The highest BCUT2D eigenvalue weighted by Crippen LogP contribution is 2.23. The molecule has 0 aliphatic rings. The summed E-state index contributed by atoms with van der Waals surface area (Å²) in [5.74, 6) is -1.36. The highest BCUT2D eigenvalue weighted by Gasteiger charge is 2.09.